The molecule has 4 aromatic rings. The zero-order valence-electron chi connectivity index (χ0n) is 18.9. The highest BCUT2D eigenvalue weighted by Gasteiger charge is 2.31. The van der Waals surface area contributed by atoms with Gasteiger partial charge in [-0.3, -0.25) is 14.9 Å². The van der Waals surface area contributed by atoms with E-state index in [-0.39, 0.29) is 22.9 Å². The number of hydrogen-bond donors (Lipinski definition) is 1. The molecule has 0 radical (unpaired) electrons. The molecule has 1 aliphatic heterocycles. The first-order valence-electron chi connectivity index (χ1n) is 11.0. The maximum Gasteiger partial charge on any atom is 0.410 e. The molecule has 0 bridgehead atoms. The van der Waals surface area contributed by atoms with Gasteiger partial charge in [-0.15, -0.1) is 22.7 Å². The molecule has 1 aliphatic rings. The number of carbonyl (C=O) groups is 2. The third-order valence-corrected chi connectivity index (χ3v) is 8.14. The van der Waals surface area contributed by atoms with Crippen LogP contribution in [0.25, 0.3) is 20.8 Å². The lowest BCUT2D eigenvalue weighted by Gasteiger charge is -2.26. The highest BCUT2D eigenvalue weighted by Crippen LogP contribution is 2.46. The number of fused-ring (bicyclic) bond motifs is 2. The van der Waals surface area contributed by atoms with Crippen molar-refractivity contribution in [2.75, 3.05) is 18.5 Å². The molecule has 0 spiro atoms. The van der Waals surface area contributed by atoms with E-state index >= 15 is 0 Å². The number of thiophene rings is 1. The van der Waals surface area contributed by atoms with Gasteiger partial charge in [-0.2, -0.15) is 0 Å². The van der Waals surface area contributed by atoms with E-state index in [1.54, 1.807) is 11.8 Å². The first-order chi connectivity index (χ1) is 17.4. The summed E-state index contributed by atoms with van der Waals surface area (Å²) in [6, 6.07) is 11.6. The molecular weight excluding hydrogens is 524 g/mol. The van der Waals surface area contributed by atoms with Crippen LogP contribution in [-0.4, -0.2) is 40.0 Å². The summed E-state index contributed by atoms with van der Waals surface area (Å²) < 4.78 is 6.16. The molecule has 184 valence electrons. The van der Waals surface area contributed by atoms with Crippen LogP contribution in [0.3, 0.4) is 0 Å². The van der Waals surface area contributed by atoms with Crippen LogP contribution in [0.15, 0.2) is 42.5 Å². The lowest BCUT2D eigenvalue weighted by Crippen LogP contribution is -2.35. The van der Waals surface area contributed by atoms with Gasteiger partial charge in [0.25, 0.3) is 11.6 Å². The quantitative estimate of drug-likeness (QED) is 0.232. The molecule has 0 unspecified atom stereocenters. The minimum Gasteiger partial charge on any atom is -0.450 e. The normalized spacial score (nSPS) is 12.9. The Balaban J connectivity index is 1.58. The Morgan fingerprint density at radius 1 is 1.25 bits per heavy atom. The van der Waals surface area contributed by atoms with Gasteiger partial charge in [0.15, 0.2) is 0 Å². The van der Waals surface area contributed by atoms with Crippen LogP contribution in [0.1, 0.15) is 27.7 Å². The van der Waals surface area contributed by atoms with Crippen LogP contribution < -0.4 is 5.32 Å². The smallest absolute Gasteiger partial charge is 0.410 e. The molecule has 0 atom stereocenters. The van der Waals surface area contributed by atoms with E-state index in [9.17, 15) is 19.7 Å². The maximum absolute atomic E-state index is 13.2. The predicted octanol–water partition coefficient (Wildman–Crippen LogP) is 6.35. The predicted molar refractivity (Wildman–Crippen MR) is 140 cm³/mol. The van der Waals surface area contributed by atoms with Crippen molar-refractivity contribution in [3.63, 3.8) is 0 Å². The number of nitro benzene ring substituents is 1. The summed E-state index contributed by atoms with van der Waals surface area (Å²) in [5, 5.41) is 15.8. The molecule has 0 saturated carbocycles. The summed E-state index contributed by atoms with van der Waals surface area (Å²) in [6.07, 6.45) is 0.168. The number of nitrogens with one attached hydrogen (secondary N) is 1. The molecule has 2 aromatic carbocycles. The largest absolute Gasteiger partial charge is 0.450 e. The molecule has 9 nitrogen and oxygen atoms in total. The second kappa shape index (κ2) is 9.84. The van der Waals surface area contributed by atoms with Crippen LogP contribution >= 0.6 is 34.3 Å². The van der Waals surface area contributed by atoms with Crippen molar-refractivity contribution < 1.29 is 19.2 Å². The zero-order valence-corrected chi connectivity index (χ0v) is 21.3. The van der Waals surface area contributed by atoms with E-state index < -0.39 is 16.9 Å². The van der Waals surface area contributed by atoms with Gasteiger partial charge in [-0.1, -0.05) is 23.7 Å². The van der Waals surface area contributed by atoms with Gasteiger partial charge in [0.2, 0.25) is 0 Å². The van der Waals surface area contributed by atoms with Crippen molar-refractivity contribution in [1.82, 2.24) is 9.88 Å². The molecule has 1 N–H and O–H groups in total. The standard InChI is InChI=1S/C24H19ClN4O5S2/c1-2-34-24(31)28-10-9-14-19(12-28)36-23(20(14)22-26-16-5-3-4-6-18(16)35-22)27-21(30)15-11-13(25)7-8-17(15)29(32)33/h3-8,11H,2,9-10,12H2,1H3,(H,27,30). The van der Waals surface area contributed by atoms with E-state index in [2.05, 4.69) is 5.32 Å². The molecular formula is C24H19ClN4O5S2. The van der Waals surface area contributed by atoms with E-state index in [0.29, 0.717) is 24.5 Å². The topological polar surface area (TPSA) is 115 Å². The van der Waals surface area contributed by atoms with Crippen LogP contribution in [0, 0.1) is 10.1 Å². The molecule has 0 saturated heterocycles. The van der Waals surface area contributed by atoms with E-state index in [0.717, 1.165) is 31.2 Å². The molecule has 0 fully saturated rings. The molecule has 3 heterocycles. The van der Waals surface area contributed by atoms with Crippen molar-refractivity contribution in [2.24, 2.45) is 0 Å². The number of amides is 2. The van der Waals surface area contributed by atoms with Crippen molar-refractivity contribution in [3.8, 4) is 10.6 Å². The molecule has 2 amide bonds. The average molecular weight is 543 g/mol. The molecule has 2 aromatic heterocycles. The summed E-state index contributed by atoms with van der Waals surface area (Å²) in [7, 11) is 0. The highest BCUT2D eigenvalue weighted by molar-refractivity contribution is 7.23. The lowest BCUT2D eigenvalue weighted by atomic mass is 10.0. The number of para-hydroxylation sites is 1. The Morgan fingerprint density at radius 2 is 2.06 bits per heavy atom. The number of benzene rings is 2. The Bertz CT molecular complexity index is 1480. The fourth-order valence-corrected chi connectivity index (χ4v) is 6.63. The Hall–Kier alpha value is -3.54. The van der Waals surface area contributed by atoms with Gasteiger partial charge in [0.1, 0.15) is 15.6 Å². The van der Waals surface area contributed by atoms with Crippen LogP contribution in [0.4, 0.5) is 15.5 Å². The number of nitro groups is 1. The molecule has 12 heteroatoms. The lowest BCUT2D eigenvalue weighted by molar-refractivity contribution is -0.385. The Morgan fingerprint density at radius 3 is 2.81 bits per heavy atom. The van der Waals surface area contributed by atoms with E-state index in [1.807, 2.05) is 24.3 Å². The zero-order chi connectivity index (χ0) is 25.4. The van der Waals surface area contributed by atoms with Crippen LogP contribution in [-0.2, 0) is 17.7 Å². The van der Waals surface area contributed by atoms with Crippen LogP contribution in [0.5, 0.6) is 0 Å². The summed E-state index contributed by atoms with van der Waals surface area (Å²) in [4.78, 5) is 43.8. The number of anilines is 1. The second-order valence-electron chi connectivity index (χ2n) is 7.94. The fraction of sp³-hybridized carbons (Fsp3) is 0.208. The number of aromatic nitrogens is 1. The molecule has 36 heavy (non-hydrogen) atoms. The second-order valence-corrected chi connectivity index (χ2v) is 10.5. The van der Waals surface area contributed by atoms with Crippen molar-refractivity contribution in [3.05, 3.63) is 73.6 Å². The minimum absolute atomic E-state index is 0.137. The summed E-state index contributed by atoms with van der Waals surface area (Å²) >= 11 is 8.87. The van der Waals surface area contributed by atoms with Gasteiger partial charge in [0.05, 0.1) is 28.3 Å². The van der Waals surface area contributed by atoms with Crippen molar-refractivity contribution in [1.29, 1.82) is 0 Å². The average Bonchev–Trinajstić information content (AvgIpc) is 3.43. The number of hydrogen-bond acceptors (Lipinski definition) is 8. The minimum atomic E-state index is -0.646. The van der Waals surface area contributed by atoms with Gasteiger partial charge in [-0.05, 0) is 43.2 Å². The first-order valence-corrected chi connectivity index (χ1v) is 13.0. The van der Waals surface area contributed by atoms with Crippen molar-refractivity contribution >= 4 is 67.2 Å². The molecule has 5 rings (SSSR count). The van der Waals surface area contributed by atoms with Gasteiger partial charge < -0.3 is 15.0 Å². The SMILES string of the molecule is CCOC(=O)N1CCc2c(sc(NC(=O)c3cc(Cl)ccc3[N+](=O)[O-])c2-c2nc3ccccc3s2)C1. The highest BCUT2D eigenvalue weighted by atomic mass is 35.5. The fourth-order valence-electron chi connectivity index (χ4n) is 4.09. The van der Waals surface area contributed by atoms with E-state index in [1.165, 1.54) is 40.9 Å². The number of halogens is 1. The summed E-state index contributed by atoms with van der Waals surface area (Å²) in [5.74, 6) is -0.646. The number of carbonyl (C=O) groups excluding carboxylic acids is 2. The third-order valence-electron chi connectivity index (χ3n) is 5.72. The Labute approximate surface area is 218 Å². The van der Waals surface area contributed by atoms with Gasteiger partial charge in [0, 0.05) is 28.1 Å². The first kappa shape index (κ1) is 24.2. The van der Waals surface area contributed by atoms with E-state index in [4.69, 9.17) is 21.3 Å². The number of ether oxygens (including phenoxy) is 1. The Kier molecular flexibility index (Phi) is 6.61. The van der Waals surface area contributed by atoms with Crippen molar-refractivity contribution in [2.45, 2.75) is 19.9 Å². The van der Waals surface area contributed by atoms with Gasteiger partial charge in [-0.25, -0.2) is 9.78 Å². The third kappa shape index (κ3) is 4.52. The summed E-state index contributed by atoms with van der Waals surface area (Å²) in [6.45, 7) is 2.84. The number of rotatable bonds is 5. The van der Waals surface area contributed by atoms with Crippen LogP contribution in [0.2, 0.25) is 5.02 Å². The number of thiazole rings is 1. The maximum atomic E-state index is 13.2. The summed E-state index contributed by atoms with van der Waals surface area (Å²) in [5.41, 5.74) is 2.13. The monoisotopic (exact) mass is 542 g/mol. The molecule has 0 aliphatic carbocycles. The van der Waals surface area contributed by atoms with Gasteiger partial charge >= 0.3 is 6.09 Å². The number of nitrogens with zero attached hydrogens (tertiary/aromatic N) is 3.